The van der Waals surface area contributed by atoms with Crippen molar-refractivity contribution < 1.29 is 4.74 Å². The summed E-state index contributed by atoms with van der Waals surface area (Å²) in [5, 5.41) is 3.67. The number of halogens is 1. The lowest BCUT2D eigenvalue weighted by molar-refractivity contribution is 0.0995. The molecule has 1 aromatic heterocycles. The Hall–Kier alpha value is -1.00. The Morgan fingerprint density at radius 1 is 1.62 bits per heavy atom. The molecule has 88 valence electrons. The average molecular weight is 242 g/mol. The van der Waals surface area contributed by atoms with Crippen molar-refractivity contribution in [1.82, 2.24) is 4.98 Å². The van der Waals surface area contributed by atoms with Crippen LogP contribution in [0, 0.1) is 0 Å². The van der Waals surface area contributed by atoms with Crippen molar-refractivity contribution >= 4 is 23.1 Å². The maximum Gasteiger partial charge on any atom is 0.133 e. The van der Waals surface area contributed by atoms with Gasteiger partial charge in [0.2, 0.25) is 0 Å². The molecule has 0 amide bonds. The molecule has 5 heteroatoms. The molecule has 2 unspecified atom stereocenters. The molecule has 3 N–H and O–H groups in total. The Kier molecular flexibility index (Phi) is 3.51. The predicted octanol–water partition coefficient (Wildman–Crippen LogP) is 2.30. The van der Waals surface area contributed by atoms with Crippen LogP contribution in [0.4, 0.5) is 11.5 Å². The predicted molar refractivity (Wildman–Crippen MR) is 65.7 cm³/mol. The average Bonchev–Trinajstić information content (AvgIpc) is 2.68. The second-order valence-corrected chi connectivity index (χ2v) is 4.48. The third kappa shape index (κ3) is 2.77. The van der Waals surface area contributed by atoms with Gasteiger partial charge in [0, 0.05) is 18.4 Å². The summed E-state index contributed by atoms with van der Waals surface area (Å²) in [4.78, 5) is 4.16. The molecule has 2 rings (SSSR count). The van der Waals surface area contributed by atoms with Gasteiger partial charge in [-0.05, 0) is 25.8 Å². The van der Waals surface area contributed by atoms with E-state index in [0.29, 0.717) is 16.7 Å². The minimum absolute atomic E-state index is 0.216. The Morgan fingerprint density at radius 2 is 2.44 bits per heavy atom. The fraction of sp³-hybridized carbons (Fsp3) is 0.545. The van der Waals surface area contributed by atoms with Crippen LogP contribution in [0.15, 0.2) is 12.1 Å². The maximum absolute atomic E-state index is 5.83. The van der Waals surface area contributed by atoms with E-state index in [1.807, 2.05) is 0 Å². The van der Waals surface area contributed by atoms with Gasteiger partial charge in [0.15, 0.2) is 0 Å². The van der Waals surface area contributed by atoms with Gasteiger partial charge < -0.3 is 15.8 Å². The van der Waals surface area contributed by atoms with Crippen LogP contribution in [0.3, 0.4) is 0 Å². The van der Waals surface area contributed by atoms with Crippen LogP contribution >= 0.6 is 11.6 Å². The van der Waals surface area contributed by atoms with Gasteiger partial charge in [0.1, 0.15) is 11.0 Å². The monoisotopic (exact) mass is 241 g/mol. The first-order valence-electron chi connectivity index (χ1n) is 5.46. The zero-order valence-electron chi connectivity index (χ0n) is 9.24. The molecule has 0 bridgehead atoms. The molecule has 0 aliphatic carbocycles. The normalized spacial score (nSPS) is 22.0. The Morgan fingerprint density at radius 3 is 3.06 bits per heavy atom. The molecule has 1 aromatic rings. The minimum atomic E-state index is 0.216. The highest BCUT2D eigenvalue weighted by atomic mass is 35.5. The molecule has 0 spiro atoms. The summed E-state index contributed by atoms with van der Waals surface area (Å²) in [5.74, 6) is 0.702. The van der Waals surface area contributed by atoms with Gasteiger partial charge in [-0.3, -0.25) is 0 Å². The summed E-state index contributed by atoms with van der Waals surface area (Å²) in [6, 6.07) is 3.62. The van der Waals surface area contributed by atoms with Crippen LogP contribution < -0.4 is 11.1 Å². The fourth-order valence-corrected chi connectivity index (χ4v) is 2.13. The molecule has 0 radical (unpaired) electrons. The van der Waals surface area contributed by atoms with E-state index in [1.165, 1.54) is 0 Å². The molecule has 0 aromatic carbocycles. The molecule has 0 saturated carbocycles. The number of rotatable bonds is 3. The van der Waals surface area contributed by atoms with E-state index in [4.69, 9.17) is 22.1 Å². The third-order valence-corrected chi connectivity index (χ3v) is 2.91. The Bertz CT molecular complexity index is 346. The van der Waals surface area contributed by atoms with Gasteiger partial charge >= 0.3 is 0 Å². The van der Waals surface area contributed by atoms with Gasteiger partial charge in [-0.2, -0.15) is 0 Å². The second kappa shape index (κ2) is 4.89. The first-order valence-corrected chi connectivity index (χ1v) is 5.84. The van der Waals surface area contributed by atoms with Crippen LogP contribution in [0.25, 0.3) is 0 Å². The van der Waals surface area contributed by atoms with Gasteiger partial charge in [-0.15, -0.1) is 0 Å². The van der Waals surface area contributed by atoms with E-state index in [2.05, 4.69) is 17.2 Å². The van der Waals surface area contributed by atoms with Crippen LogP contribution in [0.5, 0.6) is 0 Å². The van der Waals surface area contributed by atoms with Crippen molar-refractivity contribution in [3.8, 4) is 0 Å². The van der Waals surface area contributed by atoms with E-state index >= 15 is 0 Å². The molecule has 1 saturated heterocycles. The summed E-state index contributed by atoms with van der Waals surface area (Å²) in [6.07, 6.45) is 2.47. The summed E-state index contributed by atoms with van der Waals surface area (Å²) in [7, 11) is 0. The van der Waals surface area contributed by atoms with Crippen LogP contribution in [-0.4, -0.2) is 23.7 Å². The molecule has 2 atom stereocenters. The van der Waals surface area contributed by atoms with Crippen molar-refractivity contribution in [3.63, 3.8) is 0 Å². The van der Waals surface area contributed by atoms with E-state index in [-0.39, 0.29) is 12.1 Å². The summed E-state index contributed by atoms with van der Waals surface area (Å²) in [6.45, 7) is 2.93. The topological polar surface area (TPSA) is 60.2 Å². The van der Waals surface area contributed by atoms with E-state index < -0.39 is 0 Å². The molecule has 1 aliphatic heterocycles. The number of hydrogen-bond acceptors (Lipinski definition) is 4. The summed E-state index contributed by atoms with van der Waals surface area (Å²) >= 11 is 5.83. The third-order valence-electron chi connectivity index (χ3n) is 2.71. The Labute approximate surface area is 100 Å². The number of hydrogen-bond donors (Lipinski definition) is 2. The first kappa shape index (κ1) is 11.5. The number of anilines is 2. The zero-order chi connectivity index (χ0) is 11.5. The number of pyridine rings is 1. The number of nitrogens with one attached hydrogen (secondary N) is 1. The number of ether oxygens (including phenoxy) is 1. The first-order chi connectivity index (χ1) is 7.65. The van der Waals surface area contributed by atoms with E-state index in [9.17, 15) is 0 Å². The largest absolute Gasteiger partial charge is 0.399 e. The van der Waals surface area contributed by atoms with Gasteiger partial charge in [0.05, 0.1) is 12.1 Å². The molecule has 16 heavy (non-hydrogen) atoms. The molecule has 4 nitrogen and oxygen atoms in total. The quantitative estimate of drug-likeness (QED) is 0.798. The Balaban J connectivity index is 2.02. The van der Waals surface area contributed by atoms with Crippen LogP contribution in [0.2, 0.25) is 5.15 Å². The number of nitrogens with zero attached hydrogens (tertiary/aromatic N) is 1. The number of nitrogens with two attached hydrogens (primary N) is 1. The van der Waals surface area contributed by atoms with Crippen molar-refractivity contribution in [3.05, 3.63) is 17.3 Å². The summed E-state index contributed by atoms with van der Waals surface area (Å²) in [5.41, 5.74) is 6.31. The van der Waals surface area contributed by atoms with Gasteiger partial charge in [0.25, 0.3) is 0 Å². The summed E-state index contributed by atoms with van der Waals surface area (Å²) < 4.78 is 5.59. The molecule has 1 fully saturated rings. The van der Waals surface area contributed by atoms with Gasteiger partial charge in [-0.25, -0.2) is 4.98 Å². The molecular weight excluding hydrogens is 226 g/mol. The highest BCUT2D eigenvalue weighted by molar-refractivity contribution is 6.29. The number of nitrogen functional groups attached to an aromatic ring is 1. The number of aromatic nitrogens is 1. The maximum atomic E-state index is 5.83. The SMILES string of the molecule is CC(Nc1cc(N)cc(Cl)n1)C1CCCO1. The van der Waals surface area contributed by atoms with Crippen molar-refractivity contribution in [2.75, 3.05) is 17.7 Å². The standard InChI is InChI=1S/C11H16ClN3O/c1-7(9-3-2-4-16-9)14-11-6-8(13)5-10(12)15-11/h5-7,9H,2-4H2,1H3,(H3,13,14,15). The fourth-order valence-electron chi connectivity index (χ4n) is 1.91. The smallest absolute Gasteiger partial charge is 0.133 e. The highest BCUT2D eigenvalue weighted by Gasteiger charge is 2.22. The lowest BCUT2D eigenvalue weighted by Gasteiger charge is -2.20. The lowest BCUT2D eigenvalue weighted by atomic mass is 10.1. The second-order valence-electron chi connectivity index (χ2n) is 4.09. The van der Waals surface area contributed by atoms with Crippen molar-refractivity contribution in [1.29, 1.82) is 0 Å². The molecule has 1 aliphatic rings. The molecular formula is C11H16ClN3O. The minimum Gasteiger partial charge on any atom is -0.399 e. The van der Waals surface area contributed by atoms with E-state index in [0.717, 1.165) is 19.4 Å². The highest BCUT2D eigenvalue weighted by Crippen LogP contribution is 2.20. The van der Waals surface area contributed by atoms with Crippen molar-refractivity contribution in [2.24, 2.45) is 0 Å². The van der Waals surface area contributed by atoms with Gasteiger partial charge in [-0.1, -0.05) is 11.6 Å². The van der Waals surface area contributed by atoms with Crippen LogP contribution in [0.1, 0.15) is 19.8 Å². The van der Waals surface area contributed by atoms with Crippen LogP contribution in [-0.2, 0) is 4.74 Å². The zero-order valence-corrected chi connectivity index (χ0v) is 10.00. The van der Waals surface area contributed by atoms with E-state index in [1.54, 1.807) is 12.1 Å². The lowest BCUT2D eigenvalue weighted by Crippen LogP contribution is -2.30. The molecule has 2 heterocycles. The van der Waals surface area contributed by atoms with Crippen molar-refractivity contribution in [2.45, 2.75) is 31.9 Å².